The molecule has 2 nitrogen and oxygen atoms in total. The summed E-state index contributed by atoms with van der Waals surface area (Å²) in [7, 11) is 0. The summed E-state index contributed by atoms with van der Waals surface area (Å²) in [4.78, 5) is 2.48. The minimum absolute atomic E-state index is 0.192. The van der Waals surface area contributed by atoms with Crippen molar-refractivity contribution in [2.24, 2.45) is 0 Å². The first-order valence-electron chi connectivity index (χ1n) is 18.9. The Labute approximate surface area is 326 Å². The summed E-state index contributed by atoms with van der Waals surface area (Å²) in [6.45, 7) is 4.76. The van der Waals surface area contributed by atoms with Crippen LogP contribution in [0.1, 0.15) is 25.0 Å². The molecule has 4 heterocycles. The first-order valence-corrected chi connectivity index (χ1v) is 20.6. The molecular weight excluding hydrogens is 705 g/mol. The molecule has 0 unspecified atom stereocenters. The van der Waals surface area contributed by atoms with Crippen molar-refractivity contribution < 1.29 is 0 Å². The van der Waals surface area contributed by atoms with Crippen LogP contribution >= 0.6 is 22.7 Å². The third-order valence-corrected chi connectivity index (χ3v) is 14.3. The summed E-state index contributed by atoms with van der Waals surface area (Å²) in [6.07, 6.45) is 0. The molecule has 4 heteroatoms. The highest BCUT2D eigenvalue weighted by Gasteiger charge is 2.37. The van der Waals surface area contributed by atoms with Crippen molar-refractivity contribution >= 4 is 102 Å². The molecule has 0 saturated heterocycles. The van der Waals surface area contributed by atoms with Crippen molar-refractivity contribution in [1.29, 1.82) is 0 Å². The molecule has 0 radical (unpaired) electrons. The zero-order valence-corrected chi connectivity index (χ0v) is 32.0. The highest BCUT2D eigenvalue weighted by Crippen LogP contribution is 2.53. The second-order valence-corrected chi connectivity index (χ2v) is 17.5. The monoisotopic (exact) mass is 738 g/mol. The Balaban J connectivity index is 1.02. The Morgan fingerprint density at radius 2 is 0.927 bits per heavy atom. The summed E-state index contributed by atoms with van der Waals surface area (Å²) in [5.41, 5.74) is 12.2. The highest BCUT2D eigenvalue weighted by molar-refractivity contribution is 7.26. The molecule has 0 bridgehead atoms. The summed E-state index contributed by atoms with van der Waals surface area (Å²) < 4.78 is 7.75. The topological polar surface area (TPSA) is 8.17 Å². The van der Waals surface area contributed by atoms with Gasteiger partial charge in [-0.3, -0.25) is 0 Å². The van der Waals surface area contributed by atoms with Gasteiger partial charge in [-0.05, 0) is 107 Å². The number of benzene rings is 8. The lowest BCUT2D eigenvalue weighted by atomic mass is 9.73. The number of anilines is 3. The van der Waals surface area contributed by atoms with Gasteiger partial charge in [0.15, 0.2) is 0 Å². The van der Waals surface area contributed by atoms with Crippen LogP contribution in [-0.4, -0.2) is 4.57 Å². The van der Waals surface area contributed by atoms with E-state index in [0.717, 1.165) is 0 Å². The van der Waals surface area contributed by atoms with E-state index in [-0.39, 0.29) is 5.41 Å². The minimum atomic E-state index is -0.192. The van der Waals surface area contributed by atoms with Gasteiger partial charge in [0.2, 0.25) is 0 Å². The number of para-hydroxylation sites is 2. The van der Waals surface area contributed by atoms with Crippen LogP contribution in [0.4, 0.5) is 17.1 Å². The van der Waals surface area contributed by atoms with Gasteiger partial charge in [-0.25, -0.2) is 0 Å². The Hall–Kier alpha value is -6.20. The standard InChI is InChI=1S/C51H34N2S2/c1-51(2)41-14-6-8-16-45(41)53(34-22-26-50-40(30-34)37-13-5-10-18-48(37)55-50)46-24-20-32(28-42(46)51)31-19-23-44-38(27-31)35-11-3-7-15-43(35)52(44)33-21-25-49-39(29-33)36-12-4-9-17-47(36)54-49/h3-30H,1-2H3. The molecule has 12 rings (SSSR count). The number of fused-ring (bicyclic) bond motifs is 11. The lowest BCUT2D eigenvalue weighted by Crippen LogP contribution is -2.30. The predicted octanol–water partition coefficient (Wildman–Crippen LogP) is 15.3. The third kappa shape index (κ3) is 4.47. The molecule has 55 heavy (non-hydrogen) atoms. The predicted molar refractivity (Wildman–Crippen MR) is 239 cm³/mol. The fourth-order valence-corrected chi connectivity index (χ4v) is 11.5. The number of nitrogens with zero attached hydrogens (tertiary/aromatic N) is 2. The molecular formula is C51H34N2S2. The molecule has 11 aromatic rings. The number of hydrogen-bond donors (Lipinski definition) is 0. The van der Waals surface area contributed by atoms with E-state index in [9.17, 15) is 0 Å². The number of thiophene rings is 2. The average molecular weight is 739 g/mol. The lowest BCUT2D eigenvalue weighted by molar-refractivity contribution is 0.632. The van der Waals surface area contributed by atoms with Gasteiger partial charge in [-0.15, -0.1) is 22.7 Å². The summed E-state index contributed by atoms with van der Waals surface area (Å²) in [5.74, 6) is 0. The molecule has 1 aliphatic rings. The van der Waals surface area contributed by atoms with Crippen LogP contribution in [-0.2, 0) is 5.41 Å². The van der Waals surface area contributed by atoms with E-state index in [1.54, 1.807) is 0 Å². The molecule has 0 aliphatic carbocycles. The molecule has 0 fully saturated rings. The van der Waals surface area contributed by atoms with Crippen LogP contribution in [0.25, 0.3) is 79.0 Å². The van der Waals surface area contributed by atoms with Gasteiger partial charge in [0.05, 0.1) is 22.4 Å². The quantitative estimate of drug-likeness (QED) is 0.175. The molecule has 1 aliphatic heterocycles. The molecule has 0 saturated carbocycles. The fraction of sp³-hybridized carbons (Fsp3) is 0.0588. The molecule has 0 spiro atoms. The van der Waals surface area contributed by atoms with Gasteiger partial charge in [-0.2, -0.15) is 0 Å². The minimum Gasteiger partial charge on any atom is -0.310 e. The van der Waals surface area contributed by atoms with Gasteiger partial charge in [-0.1, -0.05) is 98.8 Å². The van der Waals surface area contributed by atoms with E-state index in [1.165, 1.54) is 107 Å². The van der Waals surface area contributed by atoms with Gasteiger partial charge in [0.1, 0.15) is 0 Å². The maximum Gasteiger partial charge on any atom is 0.0541 e. The van der Waals surface area contributed by atoms with Crippen LogP contribution in [0.5, 0.6) is 0 Å². The molecule has 0 atom stereocenters. The second-order valence-electron chi connectivity index (χ2n) is 15.4. The number of rotatable bonds is 3. The molecule has 3 aromatic heterocycles. The van der Waals surface area contributed by atoms with Crippen molar-refractivity contribution in [2.45, 2.75) is 19.3 Å². The smallest absolute Gasteiger partial charge is 0.0541 e. The van der Waals surface area contributed by atoms with E-state index < -0.39 is 0 Å². The fourth-order valence-electron chi connectivity index (χ4n) is 9.30. The number of aromatic nitrogens is 1. The van der Waals surface area contributed by atoms with Crippen LogP contribution in [0.15, 0.2) is 170 Å². The average Bonchev–Trinajstić information content (AvgIpc) is 3.90. The van der Waals surface area contributed by atoms with Crippen LogP contribution in [0, 0.1) is 0 Å². The second kappa shape index (κ2) is 11.4. The summed E-state index contributed by atoms with van der Waals surface area (Å²) >= 11 is 3.74. The van der Waals surface area contributed by atoms with Gasteiger partial charge < -0.3 is 9.47 Å². The molecule has 8 aromatic carbocycles. The van der Waals surface area contributed by atoms with Crippen LogP contribution < -0.4 is 4.90 Å². The van der Waals surface area contributed by atoms with E-state index in [4.69, 9.17) is 0 Å². The first kappa shape index (κ1) is 31.2. The Morgan fingerprint density at radius 1 is 0.382 bits per heavy atom. The number of hydrogen-bond acceptors (Lipinski definition) is 3. The highest BCUT2D eigenvalue weighted by atomic mass is 32.1. The van der Waals surface area contributed by atoms with Crippen molar-refractivity contribution in [3.8, 4) is 16.8 Å². The van der Waals surface area contributed by atoms with Crippen molar-refractivity contribution in [3.63, 3.8) is 0 Å². The summed E-state index contributed by atoms with van der Waals surface area (Å²) in [6, 6.07) is 63.5. The zero-order valence-electron chi connectivity index (χ0n) is 30.4. The Morgan fingerprint density at radius 3 is 1.69 bits per heavy atom. The van der Waals surface area contributed by atoms with Crippen LogP contribution in [0.3, 0.4) is 0 Å². The molecule has 0 amide bonds. The van der Waals surface area contributed by atoms with Crippen LogP contribution in [0.2, 0.25) is 0 Å². The van der Waals surface area contributed by atoms with Crippen molar-refractivity contribution in [3.05, 3.63) is 181 Å². The largest absolute Gasteiger partial charge is 0.310 e. The van der Waals surface area contributed by atoms with E-state index in [2.05, 4.69) is 193 Å². The van der Waals surface area contributed by atoms with Gasteiger partial charge in [0.25, 0.3) is 0 Å². The van der Waals surface area contributed by atoms with Gasteiger partial charge in [0, 0.05) is 67.9 Å². The van der Waals surface area contributed by atoms with Gasteiger partial charge >= 0.3 is 0 Å². The van der Waals surface area contributed by atoms with E-state index in [1.807, 2.05) is 22.7 Å². The zero-order chi connectivity index (χ0) is 36.4. The first-order chi connectivity index (χ1) is 27.0. The van der Waals surface area contributed by atoms with E-state index >= 15 is 0 Å². The molecule has 0 N–H and O–H groups in total. The Kier molecular flexibility index (Phi) is 6.47. The normalized spacial score (nSPS) is 13.7. The maximum absolute atomic E-state index is 2.48. The maximum atomic E-state index is 2.48. The molecule has 260 valence electrons. The SMILES string of the molecule is CC1(C)c2ccccc2N(c2ccc3sc4ccccc4c3c2)c2ccc(-c3ccc4c(c3)c3ccccc3n4-c3ccc4sc5ccccc5c4c3)cc21. The lowest BCUT2D eigenvalue weighted by Gasteiger charge is -2.42. The van der Waals surface area contributed by atoms with E-state index in [0.29, 0.717) is 0 Å². The van der Waals surface area contributed by atoms with Crippen molar-refractivity contribution in [1.82, 2.24) is 4.57 Å². The van der Waals surface area contributed by atoms with Crippen molar-refractivity contribution in [2.75, 3.05) is 4.90 Å². The third-order valence-electron chi connectivity index (χ3n) is 12.0. The Bertz CT molecular complexity index is 3370. The summed E-state index contributed by atoms with van der Waals surface area (Å²) in [5, 5.41) is 7.81.